The van der Waals surface area contributed by atoms with Crippen LogP contribution in [0.15, 0.2) is 60.7 Å². The Labute approximate surface area is 169 Å². The Hall–Kier alpha value is -3.92. The van der Waals surface area contributed by atoms with Gasteiger partial charge in [0.25, 0.3) is 11.6 Å². The summed E-state index contributed by atoms with van der Waals surface area (Å²) in [5.41, 5.74) is 1.27. The molecule has 10 heteroatoms. The van der Waals surface area contributed by atoms with E-state index in [2.05, 4.69) is 20.8 Å². The van der Waals surface area contributed by atoms with E-state index >= 15 is 0 Å². The maximum atomic E-state index is 12.6. The zero-order valence-corrected chi connectivity index (χ0v) is 16.0. The molecule has 0 aliphatic rings. The molecule has 146 valence electrons. The van der Waals surface area contributed by atoms with Gasteiger partial charge in [-0.05, 0) is 37.3 Å². The van der Waals surface area contributed by atoms with Gasteiger partial charge in [-0.1, -0.05) is 29.5 Å². The highest BCUT2D eigenvalue weighted by Crippen LogP contribution is 2.28. The number of nitrogens with one attached hydrogen (secondary N) is 2. The van der Waals surface area contributed by atoms with Crippen LogP contribution in [0.5, 0.6) is 0 Å². The van der Waals surface area contributed by atoms with Gasteiger partial charge in [0.1, 0.15) is 5.01 Å². The second-order valence-electron chi connectivity index (χ2n) is 5.71. The quantitative estimate of drug-likeness (QED) is 0.361. The second kappa shape index (κ2) is 8.85. The van der Waals surface area contributed by atoms with E-state index in [1.807, 2.05) is 0 Å². The van der Waals surface area contributed by atoms with E-state index in [4.69, 9.17) is 0 Å². The third kappa shape index (κ3) is 4.87. The van der Waals surface area contributed by atoms with E-state index in [-0.39, 0.29) is 22.3 Å². The highest BCUT2D eigenvalue weighted by Gasteiger charge is 2.15. The molecule has 0 aliphatic carbocycles. The number of nitrogens with zero attached hydrogens (tertiary/aromatic N) is 3. The molecule has 0 saturated heterocycles. The van der Waals surface area contributed by atoms with Gasteiger partial charge in [-0.25, -0.2) is 0 Å². The van der Waals surface area contributed by atoms with Crippen molar-refractivity contribution in [3.8, 4) is 10.6 Å². The molecule has 2 amide bonds. The molecule has 29 heavy (non-hydrogen) atoms. The Balaban J connectivity index is 1.75. The predicted molar refractivity (Wildman–Crippen MR) is 110 cm³/mol. The van der Waals surface area contributed by atoms with Crippen LogP contribution in [-0.2, 0) is 4.79 Å². The number of non-ortho nitro benzene ring substituents is 1. The molecule has 2 N–H and O–H groups in total. The van der Waals surface area contributed by atoms with Gasteiger partial charge in [0.2, 0.25) is 11.0 Å². The molecule has 2 aromatic carbocycles. The van der Waals surface area contributed by atoms with Crippen molar-refractivity contribution in [3.05, 3.63) is 76.4 Å². The first-order chi connectivity index (χ1) is 14.0. The Morgan fingerprint density at radius 2 is 1.79 bits per heavy atom. The number of nitro groups is 1. The summed E-state index contributed by atoms with van der Waals surface area (Å²) < 4.78 is 0. The van der Waals surface area contributed by atoms with E-state index in [9.17, 15) is 19.7 Å². The number of anilines is 2. The van der Waals surface area contributed by atoms with E-state index in [0.717, 1.165) is 11.3 Å². The number of allylic oxidation sites excluding steroid dienone is 1. The van der Waals surface area contributed by atoms with Crippen LogP contribution in [0.25, 0.3) is 10.6 Å². The van der Waals surface area contributed by atoms with Crippen molar-refractivity contribution in [2.75, 3.05) is 10.6 Å². The van der Waals surface area contributed by atoms with E-state index in [1.54, 1.807) is 49.4 Å². The molecule has 0 bridgehead atoms. The summed E-state index contributed by atoms with van der Waals surface area (Å²) in [6.45, 7) is 1.72. The summed E-state index contributed by atoms with van der Waals surface area (Å²) in [7, 11) is 0. The van der Waals surface area contributed by atoms with Gasteiger partial charge in [-0.15, -0.1) is 10.2 Å². The van der Waals surface area contributed by atoms with Crippen molar-refractivity contribution in [1.29, 1.82) is 0 Å². The Morgan fingerprint density at radius 1 is 1.07 bits per heavy atom. The van der Waals surface area contributed by atoms with Gasteiger partial charge in [-0.2, -0.15) is 0 Å². The number of aromatic nitrogens is 2. The molecule has 0 unspecified atom stereocenters. The molecule has 9 nitrogen and oxygen atoms in total. The molecule has 0 saturated carbocycles. The number of hydrogen-bond donors (Lipinski definition) is 2. The van der Waals surface area contributed by atoms with Crippen molar-refractivity contribution in [1.82, 2.24) is 10.2 Å². The van der Waals surface area contributed by atoms with Crippen molar-refractivity contribution in [2.24, 2.45) is 0 Å². The third-order valence-electron chi connectivity index (χ3n) is 3.72. The molecule has 3 aromatic rings. The first-order valence-electron chi connectivity index (χ1n) is 8.40. The first-order valence-corrected chi connectivity index (χ1v) is 9.22. The SMILES string of the molecule is C/C=C/C(=O)Nc1ccccc1C(=O)Nc1nnc(-c2ccc([N+](=O)[O-])cc2)s1. The van der Waals surface area contributed by atoms with E-state index in [0.29, 0.717) is 16.3 Å². The molecular formula is C19H15N5O4S. The number of para-hydroxylation sites is 1. The van der Waals surface area contributed by atoms with Crippen molar-refractivity contribution in [2.45, 2.75) is 6.92 Å². The van der Waals surface area contributed by atoms with Gasteiger partial charge in [0, 0.05) is 17.7 Å². The Kier molecular flexibility index (Phi) is 6.05. The zero-order chi connectivity index (χ0) is 20.8. The molecule has 0 radical (unpaired) electrons. The molecular weight excluding hydrogens is 394 g/mol. The van der Waals surface area contributed by atoms with Gasteiger partial charge in [-0.3, -0.25) is 25.0 Å². The highest BCUT2D eigenvalue weighted by atomic mass is 32.1. The minimum Gasteiger partial charge on any atom is -0.322 e. The summed E-state index contributed by atoms with van der Waals surface area (Å²) in [4.78, 5) is 34.7. The van der Waals surface area contributed by atoms with Gasteiger partial charge < -0.3 is 5.32 Å². The topological polar surface area (TPSA) is 127 Å². The van der Waals surface area contributed by atoms with Crippen LogP contribution in [0.4, 0.5) is 16.5 Å². The van der Waals surface area contributed by atoms with Crippen LogP contribution in [0.2, 0.25) is 0 Å². The van der Waals surface area contributed by atoms with E-state index in [1.165, 1.54) is 18.2 Å². The fourth-order valence-electron chi connectivity index (χ4n) is 2.40. The van der Waals surface area contributed by atoms with Gasteiger partial charge in [0.05, 0.1) is 16.2 Å². The van der Waals surface area contributed by atoms with Crippen molar-refractivity contribution >= 4 is 39.7 Å². The van der Waals surface area contributed by atoms with E-state index < -0.39 is 10.8 Å². The van der Waals surface area contributed by atoms with Crippen LogP contribution in [-0.4, -0.2) is 26.9 Å². The first kappa shape index (κ1) is 19.8. The predicted octanol–water partition coefficient (Wildman–Crippen LogP) is 3.88. The average molecular weight is 409 g/mol. The number of benzene rings is 2. The molecule has 0 spiro atoms. The lowest BCUT2D eigenvalue weighted by Gasteiger charge is -2.08. The molecule has 3 rings (SSSR count). The van der Waals surface area contributed by atoms with Gasteiger partial charge >= 0.3 is 0 Å². The summed E-state index contributed by atoms with van der Waals surface area (Å²) in [5, 5.41) is 24.8. The van der Waals surface area contributed by atoms with Crippen LogP contribution in [0.3, 0.4) is 0 Å². The minimum absolute atomic E-state index is 0.0247. The lowest BCUT2D eigenvalue weighted by Crippen LogP contribution is -2.16. The molecule has 0 fully saturated rings. The molecule has 1 heterocycles. The fourth-order valence-corrected chi connectivity index (χ4v) is 3.14. The lowest BCUT2D eigenvalue weighted by atomic mass is 10.1. The van der Waals surface area contributed by atoms with Crippen LogP contribution >= 0.6 is 11.3 Å². The summed E-state index contributed by atoms with van der Waals surface area (Å²) >= 11 is 1.13. The fraction of sp³-hybridized carbons (Fsp3) is 0.0526. The van der Waals surface area contributed by atoms with Crippen molar-refractivity contribution in [3.63, 3.8) is 0 Å². The highest BCUT2D eigenvalue weighted by molar-refractivity contribution is 7.18. The molecule has 0 aliphatic heterocycles. The summed E-state index contributed by atoms with van der Waals surface area (Å²) in [6.07, 6.45) is 2.95. The largest absolute Gasteiger partial charge is 0.322 e. The van der Waals surface area contributed by atoms with Crippen molar-refractivity contribution < 1.29 is 14.5 Å². The monoisotopic (exact) mass is 409 g/mol. The number of rotatable bonds is 6. The minimum atomic E-state index is -0.484. The van der Waals surface area contributed by atoms with Crippen LogP contribution in [0, 0.1) is 10.1 Å². The Bertz CT molecular complexity index is 1090. The van der Waals surface area contributed by atoms with Gasteiger partial charge in [0.15, 0.2) is 0 Å². The maximum Gasteiger partial charge on any atom is 0.269 e. The number of carbonyl (C=O) groups is 2. The second-order valence-corrected chi connectivity index (χ2v) is 6.68. The Morgan fingerprint density at radius 3 is 2.48 bits per heavy atom. The van der Waals surface area contributed by atoms with Crippen LogP contribution in [0.1, 0.15) is 17.3 Å². The smallest absolute Gasteiger partial charge is 0.269 e. The number of amides is 2. The number of carbonyl (C=O) groups excluding carboxylic acids is 2. The number of nitro benzene ring substituents is 1. The molecule has 1 aromatic heterocycles. The zero-order valence-electron chi connectivity index (χ0n) is 15.2. The summed E-state index contributed by atoms with van der Waals surface area (Å²) in [5.74, 6) is -0.795. The molecule has 0 atom stereocenters. The third-order valence-corrected chi connectivity index (χ3v) is 4.61. The summed E-state index contributed by atoms with van der Waals surface area (Å²) in [6, 6.07) is 12.5. The normalized spacial score (nSPS) is 10.7. The lowest BCUT2D eigenvalue weighted by molar-refractivity contribution is -0.384. The standard InChI is InChI=1S/C19H15N5O4S/c1-2-5-16(25)20-15-7-4-3-6-14(15)17(26)21-19-23-22-18(29-19)12-8-10-13(11-9-12)24(27)28/h2-11H,1H3,(H,20,25)(H,21,23,26)/b5-2+. The average Bonchev–Trinajstić information content (AvgIpc) is 3.17. The number of hydrogen-bond acceptors (Lipinski definition) is 7. The van der Waals surface area contributed by atoms with Crippen LogP contribution < -0.4 is 10.6 Å². The maximum absolute atomic E-state index is 12.6.